The third-order valence-electron chi connectivity index (χ3n) is 1.18. The lowest BCUT2D eigenvalue weighted by molar-refractivity contribution is -0.124. The van der Waals surface area contributed by atoms with Crippen molar-refractivity contribution in [3.05, 3.63) is 0 Å². The molecule has 0 aliphatic carbocycles. The molecule has 0 radical (unpaired) electrons. The molecule has 2 N–H and O–H groups in total. The summed E-state index contributed by atoms with van der Waals surface area (Å²) in [7, 11) is 1.57. The van der Waals surface area contributed by atoms with Gasteiger partial charge in [0, 0.05) is 13.7 Å². The molecule has 11 heavy (non-hydrogen) atoms. The standard InChI is InChI=1S/C5H11BINO3/c1-4(5(9)8-2)3-11-6(7)10/h4,10H,3H2,1-2H3,(H,8,9). The van der Waals surface area contributed by atoms with Crippen LogP contribution in [0.1, 0.15) is 6.92 Å². The van der Waals surface area contributed by atoms with E-state index in [0.717, 1.165) is 0 Å². The lowest BCUT2D eigenvalue weighted by atomic mass is 10.2. The second-order valence-corrected chi connectivity index (χ2v) is 3.21. The molecular weight excluding hydrogens is 260 g/mol. The van der Waals surface area contributed by atoms with E-state index in [0.29, 0.717) is 0 Å². The summed E-state index contributed by atoms with van der Waals surface area (Å²) in [6.07, 6.45) is 0. The van der Waals surface area contributed by atoms with E-state index < -0.39 is 4.97 Å². The van der Waals surface area contributed by atoms with Crippen molar-refractivity contribution in [2.45, 2.75) is 6.92 Å². The van der Waals surface area contributed by atoms with Crippen LogP contribution in [0, 0.1) is 5.92 Å². The summed E-state index contributed by atoms with van der Waals surface area (Å²) >= 11 is 1.71. The van der Waals surface area contributed by atoms with Gasteiger partial charge < -0.3 is 15.0 Å². The molecule has 0 fully saturated rings. The first kappa shape index (κ1) is 11.2. The van der Waals surface area contributed by atoms with Gasteiger partial charge in [-0.1, -0.05) is 29.3 Å². The highest BCUT2D eigenvalue weighted by Crippen LogP contribution is 1.99. The van der Waals surface area contributed by atoms with Gasteiger partial charge in [0.05, 0.1) is 5.92 Å². The molecular formula is C5H11BINO3. The topological polar surface area (TPSA) is 58.6 Å². The van der Waals surface area contributed by atoms with Gasteiger partial charge in [0.1, 0.15) is 0 Å². The number of hydrogen-bond donors (Lipinski definition) is 2. The average molecular weight is 271 g/mol. The maximum absolute atomic E-state index is 10.8. The Kier molecular flexibility index (Phi) is 5.88. The molecule has 0 saturated heterocycles. The summed E-state index contributed by atoms with van der Waals surface area (Å²) in [5, 5.41) is 11.2. The second kappa shape index (κ2) is 5.79. The monoisotopic (exact) mass is 271 g/mol. The Labute approximate surface area is 79.7 Å². The number of halogens is 1. The molecule has 0 bridgehead atoms. The SMILES string of the molecule is CNC(=O)C(C)COB(O)I. The van der Waals surface area contributed by atoms with Crippen molar-refractivity contribution in [3.8, 4) is 0 Å². The van der Waals surface area contributed by atoms with Crippen LogP contribution in [0.5, 0.6) is 0 Å². The lowest BCUT2D eigenvalue weighted by Gasteiger charge is -2.09. The molecule has 0 aromatic heterocycles. The molecule has 1 unspecified atom stereocenters. The Bertz CT molecular complexity index is 133. The van der Waals surface area contributed by atoms with E-state index in [1.165, 1.54) is 0 Å². The van der Waals surface area contributed by atoms with Crippen LogP contribution >= 0.6 is 22.4 Å². The van der Waals surface area contributed by atoms with Crippen LogP contribution in [0.15, 0.2) is 0 Å². The van der Waals surface area contributed by atoms with Crippen LogP contribution in [-0.4, -0.2) is 29.6 Å². The maximum Gasteiger partial charge on any atom is 0.529 e. The number of carbonyl (C=O) groups is 1. The van der Waals surface area contributed by atoms with Crippen molar-refractivity contribution in [1.29, 1.82) is 0 Å². The third-order valence-corrected chi connectivity index (χ3v) is 1.54. The normalized spacial score (nSPS) is 12.4. The molecule has 0 aromatic rings. The number of rotatable bonds is 4. The van der Waals surface area contributed by atoms with E-state index in [1.807, 2.05) is 0 Å². The minimum absolute atomic E-state index is 0.0814. The fourth-order valence-electron chi connectivity index (χ4n) is 0.546. The fourth-order valence-corrected chi connectivity index (χ4v) is 0.753. The molecule has 6 heteroatoms. The summed E-state index contributed by atoms with van der Waals surface area (Å²) in [6, 6.07) is 0. The Hall–Kier alpha value is 0.185. The van der Waals surface area contributed by atoms with Crippen molar-refractivity contribution in [1.82, 2.24) is 5.32 Å². The number of nitrogens with one attached hydrogen (secondary N) is 1. The lowest BCUT2D eigenvalue weighted by Crippen LogP contribution is -2.29. The molecule has 0 saturated carbocycles. The number of hydrogen-bond acceptors (Lipinski definition) is 3. The summed E-state index contributed by atoms with van der Waals surface area (Å²) in [4.78, 5) is 10.0. The highest BCUT2D eigenvalue weighted by Gasteiger charge is 2.14. The predicted molar refractivity (Wildman–Crippen MR) is 51.2 cm³/mol. The van der Waals surface area contributed by atoms with Gasteiger partial charge in [-0.05, 0) is 0 Å². The van der Waals surface area contributed by atoms with Crippen LogP contribution in [0.25, 0.3) is 0 Å². The van der Waals surface area contributed by atoms with Crippen molar-refractivity contribution >= 4 is 33.3 Å². The van der Waals surface area contributed by atoms with E-state index in [2.05, 4.69) is 5.32 Å². The largest absolute Gasteiger partial charge is 0.529 e. The van der Waals surface area contributed by atoms with Crippen LogP contribution in [0.3, 0.4) is 0 Å². The Morgan fingerprint density at radius 1 is 1.91 bits per heavy atom. The van der Waals surface area contributed by atoms with Crippen molar-refractivity contribution in [2.24, 2.45) is 5.92 Å². The zero-order valence-electron chi connectivity index (χ0n) is 6.50. The molecule has 0 spiro atoms. The van der Waals surface area contributed by atoms with Gasteiger partial charge in [0.2, 0.25) is 5.91 Å². The van der Waals surface area contributed by atoms with Crippen LogP contribution in [0.4, 0.5) is 0 Å². The zero-order valence-corrected chi connectivity index (χ0v) is 8.66. The molecule has 4 nitrogen and oxygen atoms in total. The van der Waals surface area contributed by atoms with Gasteiger partial charge in [-0.25, -0.2) is 0 Å². The maximum atomic E-state index is 10.8. The van der Waals surface area contributed by atoms with Crippen molar-refractivity contribution in [2.75, 3.05) is 13.7 Å². The van der Waals surface area contributed by atoms with Crippen molar-refractivity contribution < 1.29 is 14.5 Å². The van der Waals surface area contributed by atoms with Gasteiger partial charge in [0.15, 0.2) is 0 Å². The molecule has 0 aliphatic heterocycles. The molecule has 0 heterocycles. The first-order valence-electron chi connectivity index (χ1n) is 3.23. The van der Waals surface area contributed by atoms with Crippen LogP contribution in [-0.2, 0) is 9.45 Å². The molecule has 0 aliphatic rings. The molecule has 0 aromatic carbocycles. The van der Waals surface area contributed by atoms with E-state index in [1.54, 1.807) is 36.3 Å². The van der Waals surface area contributed by atoms with Crippen molar-refractivity contribution in [3.63, 3.8) is 0 Å². The Morgan fingerprint density at radius 3 is 2.82 bits per heavy atom. The summed E-state index contributed by atoms with van der Waals surface area (Å²) in [5.41, 5.74) is 0. The summed E-state index contributed by atoms with van der Waals surface area (Å²) in [6.45, 7) is 1.97. The van der Waals surface area contributed by atoms with Crippen LogP contribution < -0.4 is 5.32 Å². The van der Waals surface area contributed by atoms with Gasteiger partial charge >= 0.3 is 4.97 Å². The summed E-state index contributed by atoms with van der Waals surface area (Å²) < 4.78 is 4.81. The highest BCUT2D eigenvalue weighted by molar-refractivity contribution is 14.1. The van der Waals surface area contributed by atoms with Gasteiger partial charge in [-0.3, -0.25) is 4.79 Å². The number of carbonyl (C=O) groups excluding carboxylic acids is 1. The fraction of sp³-hybridized carbons (Fsp3) is 0.800. The van der Waals surface area contributed by atoms with Gasteiger partial charge in [-0.2, -0.15) is 0 Å². The molecule has 1 atom stereocenters. The van der Waals surface area contributed by atoms with Gasteiger partial charge in [0.25, 0.3) is 0 Å². The minimum Gasteiger partial charge on any atom is -0.418 e. The molecule has 0 rings (SSSR count). The van der Waals surface area contributed by atoms with Crippen LogP contribution in [0.2, 0.25) is 0 Å². The van der Waals surface area contributed by atoms with E-state index >= 15 is 0 Å². The number of amides is 1. The average Bonchev–Trinajstić information content (AvgIpc) is 1.98. The Balaban J connectivity index is 3.52. The third kappa shape index (κ3) is 5.45. The highest BCUT2D eigenvalue weighted by atomic mass is 127. The Morgan fingerprint density at radius 2 is 2.45 bits per heavy atom. The first-order chi connectivity index (χ1) is 5.07. The molecule has 1 amide bonds. The summed E-state index contributed by atoms with van der Waals surface area (Å²) in [5.74, 6) is -0.300. The second-order valence-electron chi connectivity index (χ2n) is 2.14. The predicted octanol–water partition coefficient (Wildman–Crippen LogP) is -0.203. The molecule has 64 valence electrons. The smallest absolute Gasteiger partial charge is 0.418 e. The quantitative estimate of drug-likeness (QED) is 0.549. The zero-order chi connectivity index (χ0) is 8.85. The minimum atomic E-state index is -0.834. The van der Waals surface area contributed by atoms with Gasteiger partial charge in [-0.15, -0.1) is 0 Å². The van der Waals surface area contributed by atoms with E-state index in [9.17, 15) is 4.79 Å². The van der Waals surface area contributed by atoms with E-state index in [-0.39, 0.29) is 18.4 Å². The first-order valence-corrected chi connectivity index (χ1v) is 4.47. The van der Waals surface area contributed by atoms with E-state index in [4.69, 9.17) is 9.68 Å².